The summed E-state index contributed by atoms with van der Waals surface area (Å²) in [6.07, 6.45) is 3.35. The van der Waals surface area contributed by atoms with Crippen LogP contribution in [0.2, 0.25) is 0 Å². The fourth-order valence-electron chi connectivity index (χ4n) is 3.26. The molecule has 4 rings (SSSR count). The molecule has 0 radical (unpaired) electrons. The molecule has 0 saturated heterocycles. The first kappa shape index (κ1) is 12.8. The molecule has 0 heterocycles. The Morgan fingerprint density at radius 1 is 0.952 bits per heavy atom. The van der Waals surface area contributed by atoms with Crippen molar-refractivity contribution in [2.45, 2.75) is 13.3 Å². The zero-order chi connectivity index (χ0) is 14.4. The van der Waals surface area contributed by atoms with E-state index in [1.807, 2.05) is 0 Å². The second kappa shape index (κ2) is 4.85. The van der Waals surface area contributed by atoms with Crippen LogP contribution in [-0.4, -0.2) is 0 Å². The lowest BCUT2D eigenvalue weighted by Crippen LogP contribution is -1.89. The lowest BCUT2D eigenvalue weighted by atomic mass is 9.95. The third-order valence-corrected chi connectivity index (χ3v) is 4.92. The number of allylic oxidation sites excluding steroid dienone is 2. The van der Waals surface area contributed by atoms with Gasteiger partial charge in [-0.2, -0.15) is 0 Å². The highest BCUT2D eigenvalue weighted by atomic mass is 79.9. The predicted octanol–water partition coefficient (Wildman–Crippen LogP) is 6.23. The van der Waals surface area contributed by atoms with E-state index >= 15 is 0 Å². The molecule has 0 saturated carbocycles. The maximum Gasteiger partial charge on any atom is 0.0259 e. The summed E-state index contributed by atoms with van der Waals surface area (Å²) in [7, 11) is 0. The molecule has 1 aliphatic rings. The first-order valence-corrected chi connectivity index (χ1v) is 8.01. The Labute approximate surface area is 133 Å². The summed E-state index contributed by atoms with van der Waals surface area (Å²) in [6, 6.07) is 19.7. The van der Waals surface area contributed by atoms with E-state index < -0.39 is 0 Å². The van der Waals surface area contributed by atoms with E-state index in [9.17, 15) is 0 Å². The first-order valence-electron chi connectivity index (χ1n) is 7.22. The first-order chi connectivity index (χ1) is 10.2. The van der Waals surface area contributed by atoms with Gasteiger partial charge < -0.3 is 0 Å². The standard InChI is InChI=1S/C20H15Br/c1-13-9-10-15-11-16(12-19(21)20(13)15)18-8-4-6-14-5-2-3-7-17(14)18/h2-9,11-12H,10H2,1H3. The van der Waals surface area contributed by atoms with E-state index in [1.54, 1.807) is 0 Å². The van der Waals surface area contributed by atoms with Gasteiger partial charge >= 0.3 is 0 Å². The summed E-state index contributed by atoms with van der Waals surface area (Å²) in [5, 5.41) is 2.61. The van der Waals surface area contributed by atoms with Gasteiger partial charge in [-0.05, 0) is 58.0 Å². The minimum Gasteiger partial charge on any atom is -0.0765 e. The number of halogens is 1. The van der Waals surface area contributed by atoms with Gasteiger partial charge in [0.2, 0.25) is 0 Å². The Morgan fingerprint density at radius 3 is 2.67 bits per heavy atom. The molecule has 0 nitrogen and oxygen atoms in total. The molecule has 0 N–H and O–H groups in total. The monoisotopic (exact) mass is 334 g/mol. The van der Waals surface area contributed by atoms with Crippen LogP contribution in [-0.2, 0) is 6.42 Å². The number of hydrogen-bond donors (Lipinski definition) is 0. The highest BCUT2D eigenvalue weighted by Gasteiger charge is 2.16. The summed E-state index contributed by atoms with van der Waals surface area (Å²) in [4.78, 5) is 0. The third kappa shape index (κ3) is 2.04. The van der Waals surface area contributed by atoms with Crippen LogP contribution in [0.1, 0.15) is 18.1 Å². The Bertz CT molecular complexity index is 882. The molecule has 0 aliphatic heterocycles. The molecular formula is C20H15Br. The fraction of sp³-hybridized carbons (Fsp3) is 0.100. The zero-order valence-electron chi connectivity index (χ0n) is 11.9. The molecule has 1 aliphatic carbocycles. The Kier molecular flexibility index (Phi) is 2.97. The molecular weight excluding hydrogens is 320 g/mol. The summed E-state index contributed by atoms with van der Waals surface area (Å²) in [5.41, 5.74) is 6.77. The van der Waals surface area contributed by atoms with Gasteiger partial charge in [-0.25, -0.2) is 0 Å². The predicted molar refractivity (Wildman–Crippen MR) is 94.4 cm³/mol. The van der Waals surface area contributed by atoms with Gasteiger partial charge in [-0.3, -0.25) is 0 Å². The van der Waals surface area contributed by atoms with E-state index in [0.29, 0.717) is 0 Å². The van der Waals surface area contributed by atoms with Crippen LogP contribution in [0, 0.1) is 0 Å². The van der Waals surface area contributed by atoms with Crippen molar-refractivity contribution in [3.63, 3.8) is 0 Å². The average molecular weight is 335 g/mol. The molecule has 102 valence electrons. The van der Waals surface area contributed by atoms with E-state index in [4.69, 9.17) is 0 Å². The summed E-state index contributed by atoms with van der Waals surface area (Å²) >= 11 is 3.76. The number of rotatable bonds is 1. The minimum atomic E-state index is 1.04. The molecule has 0 aromatic heterocycles. The molecule has 0 unspecified atom stereocenters. The molecule has 0 amide bonds. The van der Waals surface area contributed by atoms with E-state index in [2.05, 4.69) is 83.5 Å². The van der Waals surface area contributed by atoms with Crippen molar-refractivity contribution >= 4 is 32.3 Å². The van der Waals surface area contributed by atoms with Crippen LogP contribution < -0.4 is 0 Å². The van der Waals surface area contributed by atoms with Gasteiger partial charge in [0.1, 0.15) is 0 Å². The molecule has 0 fully saturated rings. The van der Waals surface area contributed by atoms with Gasteiger partial charge in [0, 0.05) is 4.47 Å². The maximum atomic E-state index is 3.76. The fourth-order valence-corrected chi connectivity index (χ4v) is 4.08. The maximum absolute atomic E-state index is 3.76. The quantitative estimate of drug-likeness (QED) is 0.494. The van der Waals surface area contributed by atoms with Crippen LogP contribution >= 0.6 is 15.9 Å². The SMILES string of the molecule is CC1=CCc2cc(-c3cccc4ccccc34)cc(Br)c21. The van der Waals surface area contributed by atoms with E-state index in [1.165, 1.54) is 43.1 Å². The van der Waals surface area contributed by atoms with Crippen LogP contribution in [0.4, 0.5) is 0 Å². The lowest BCUT2D eigenvalue weighted by Gasteiger charge is -2.11. The van der Waals surface area contributed by atoms with E-state index in [-0.39, 0.29) is 0 Å². The van der Waals surface area contributed by atoms with Crippen molar-refractivity contribution in [2.24, 2.45) is 0 Å². The third-order valence-electron chi connectivity index (χ3n) is 4.30. The molecule has 3 aromatic carbocycles. The molecule has 0 spiro atoms. The molecule has 0 bridgehead atoms. The zero-order valence-corrected chi connectivity index (χ0v) is 13.4. The number of benzene rings is 3. The van der Waals surface area contributed by atoms with Crippen molar-refractivity contribution in [2.75, 3.05) is 0 Å². The highest BCUT2D eigenvalue weighted by Crippen LogP contribution is 2.38. The van der Waals surface area contributed by atoms with Crippen molar-refractivity contribution in [1.29, 1.82) is 0 Å². The highest BCUT2D eigenvalue weighted by molar-refractivity contribution is 9.10. The normalized spacial score (nSPS) is 13.3. The van der Waals surface area contributed by atoms with Crippen LogP contribution in [0.3, 0.4) is 0 Å². The largest absolute Gasteiger partial charge is 0.0765 e. The molecule has 21 heavy (non-hydrogen) atoms. The Morgan fingerprint density at radius 2 is 1.76 bits per heavy atom. The molecule has 0 atom stereocenters. The van der Waals surface area contributed by atoms with Gasteiger partial charge in [0.05, 0.1) is 0 Å². The second-order valence-electron chi connectivity index (χ2n) is 5.61. The number of fused-ring (bicyclic) bond motifs is 2. The lowest BCUT2D eigenvalue weighted by molar-refractivity contribution is 1.30. The van der Waals surface area contributed by atoms with Crippen LogP contribution in [0.15, 0.2) is 65.1 Å². The minimum absolute atomic E-state index is 1.04. The molecule has 3 aromatic rings. The second-order valence-corrected chi connectivity index (χ2v) is 6.46. The van der Waals surface area contributed by atoms with Gasteiger partial charge in [0.25, 0.3) is 0 Å². The smallest absolute Gasteiger partial charge is 0.0259 e. The van der Waals surface area contributed by atoms with Crippen molar-refractivity contribution in [3.05, 3.63) is 76.3 Å². The van der Waals surface area contributed by atoms with Gasteiger partial charge in [0.15, 0.2) is 0 Å². The van der Waals surface area contributed by atoms with Crippen molar-refractivity contribution < 1.29 is 0 Å². The van der Waals surface area contributed by atoms with Crippen molar-refractivity contribution in [1.82, 2.24) is 0 Å². The van der Waals surface area contributed by atoms with Gasteiger partial charge in [-0.1, -0.05) is 70.5 Å². The van der Waals surface area contributed by atoms with E-state index in [0.717, 1.165) is 6.42 Å². The summed E-state index contributed by atoms with van der Waals surface area (Å²) in [6.45, 7) is 2.19. The van der Waals surface area contributed by atoms with Crippen molar-refractivity contribution in [3.8, 4) is 11.1 Å². The summed E-state index contributed by atoms with van der Waals surface area (Å²) < 4.78 is 1.20. The van der Waals surface area contributed by atoms with Gasteiger partial charge in [-0.15, -0.1) is 0 Å². The van der Waals surface area contributed by atoms with Crippen LogP contribution in [0.5, 0.6) is 0 Å². The average Bonchev–Trinajstić information content (AvgIpc) is 2.88. The number of hydrogen-bond acceptors (Lipinski definition) is 0. The van der Waals surface area contributed by atoms with Crippen LogP contribution in [0.25, 0.3) is 27.5 Å². The Hall–Kier alpha value is -1.86. The molecule has 1 heteroatoms. The summed E-state index contributed by atoms with van der Waals surface area (Å²) in [5.74, 6) is 0. The topological polar surface area (TPSA) is 0 Å². The Balaban J connectivity index is 1.97.